The Bertz CT molecular complexity index is 3800. The molecule has 0 N–H and O–H groups in total. The highest BCUT2D eigenvalue weighted by Crippen LogP contribution is 2.68. The first-order chi connectivity index (χ1) is 34.5. The van der Waals surface area contributed by atoms with E-state index >= 15 is 0 Å². The quantitative estimate of drug-likeness (QED) is 0.173. The van der Waals surface area contributed by atoms with Gasteiger partial charge >= 0.3 is 0 Å². The van der Waals surface area contributed by atoms with Gasteiger partial charge in [-0.25, -0.2) is 4.98 Å². The van der Waals surface area contributed by atoms with E-state index in [0.717, 1.165) is 22.6 Å². The molecule has 0 amide bonds. The third kappa shape index (κ3) is 5.34. The topological polar surface area (TPSA) is 33.5 Å². The lowest BCUT2D eigenvalue weighted by atomic mass is 9.49. The molecule has 0 spiro atoms. The molecular weight excluding hydrogens is 817 g/mol. The van der Waals surface area contributed by atoms with Crippen LogP contribution in [0.5, 0.6) is 11.5 Å². The second-order valence-electron chi connectivity index (χ2n) is 19.6. The van der Waals surface area contributed by atoms with E-state index in [9.17, 15) is 0 Å². The average molecular weight is 869 g/mol. The number of rotatable bonds is 5. The van der Waals surface area contributed by atoms with Crippen LogP contribution >= 0.6 is 0 Å². The Morgan fingerprint density at radius 1 is 0.567 bits per heavy atom. The molecule has 17 rings (SSSR count). The highest BCUT2D eigenvalue weighted by Gasteiger charge is 2.61. The summed E-state index contributed by atoms with van der Waals surface area (Å²) in [6.07, 6.45) is 1.77. The van der Waals surface area contributed by atoms with Crippen LogP contribution in [0, 0.1) is 0 Å². The van der Waals surface area contributed by atoms with Gasteiger partial charge in [0.1, 0.15) is 22.9 Å². The fourth-order valence-corrected chi connectivity index (χ4v) is 12.5. The maximum Gasteiger partial charge on any atom is 0.137 e. The fourth-order valence-electron chi connectivity index (χ4n) is 12.5. The second kappa shape index (κ2) is 14.1. The summed E-state index contributed by atoms with van der Waals surface area (Å²) in [5, 5.41) is 1.14. The van der Waals surface area contributed by atoms with E-state index in [2.05, 4.69) is 170 Å². The van der Waals surface area contributed by atoms with Crippen LogP contribution in [-0.4, -0.2) is 16.2 Å². The lowest BCUT2D eigenvalue weighted by Crippen LogP contribution is -2.57. The standard InChI is InChI=1S/C62H48N4O/c1-61(2,3)39-33-34-63-57(35-39)66-53-28-13-10-19-43(53)44-32-31-42(37-56(44)66)67-41-18-16-17-40(36-41)64-38-65(55-30-15-14-29-54(55)64)62-51-26-11-8-24-49(51)59(50-25-9-12-27-52(50)62)58-45-20-4-6-22-47(45)60(62)48-23-7-5-21-46(48)58/h4-37,58-60H,38H2,1-3H3/i10D,13D,19D,28D. The molecule has 0 saturated carbocycles. The predicted molar refractivity (Wildman–Crippen MR) is 272 cm³/mol. The van der Waals surface area contributed by atoms with Crippen LogP contribution in [0.1, 0.15) is 94.1 Å². The van der Waals surface area contributed by atoms with Crippen LogP contribution in [-0.2, 0) is 11.0 Å². The van der Waals surface area contributed by atoms with Crippen LogP contribution in [0.3, 0.4) is 0 Å². The minimum atomic E-state index is -0.630. The van der Waals surface area contributed by atoms with E-state index < -0.39 is 5.54 Å². The molecule has 5 heteroatoms. The van der Waals surface area contributed by atoms with Gasteiger partial charge in [0, 0.05) is 52.5 Å². The molecule has 2 aromatic heterocycles. The summed E-state index contributed by atoms with van der Waals surface area (Å²) >= 11 is 0. The molecule has 0 saturated heterocycles. The summed E-state index contributed by atoms with van der Waals surface area (Å²) in [5.74, 6) is 2.09. The van der Waals surface area contributed by atoms with Crippen LogP contribution < -0.4 is 14.5 Å². The summed E-state index contributed by atoms with van der Waals surface area (Å²) in [6, 6.07) is 63.1. The Hall–Kier alpha value is -7.89. The largest absolute Gasteiger partial charge is 0.457 e. The number of hydrogen-bond acceptors (Lipinski definition) is 4. The first-order valence-electron chi connectivity index (χ1n) is 25.3. The van der Waals surface area contributed by atoms with Crippen molar-refractivity contribution < 1.29 is 10.2 Å². The normalized spacial score (nSPS) is 20.5. The number of benzene rings is 8. The smallest absolute Gasteiger partial charge is 0.137 e. The zero-order valence-corrected chi connectivity index (χ0v) is 37.5. The monoisotopic (exact) mass is 868 g/mol. The molecule has 0 atom stereocenters. The Balaban J connectivity index is 0.917. The fraction of sp³-hybridized carbons (Fsp3) is 0.145. The van der Waals surface area contributed by atoms with Gasteiger partial charge in [0.25, 0.3) is 0 Å². The van der Waals surface area contributed by atoms with Crippen LogP contribution in [0.2, 0.25) is 0 Å². The third-order valence-electron chi connectivity index (χ3n) is 15.2. The molecule has 8 aromatic carbocycles. The van der Waals surface area contributed by atoms with Crippen LogP contribution in [0.15, 0.2) is 206 Å². The van der Waals surface area contributed by atoms with Gasteiger partial charge in [0.05, 0.1) is 34.6 Å². The molecule has 5 nitrogen and oxygen atoms in total. The van der Waals surface area contributed by atoms with Gasteiger partial charge in [-0.1, -0.05) is 154 Å². The number of aromatic nitrogens is 2. The summed E-state index contributed by atoms with van der Waals surface area (Å²) in [7, 11) is 0. The minimum absolute atomic E-state index is 0.0216. The first kappa shape index (κ1) is 34.5. The summed E-state index contributed by atoms with van der Waals surface area (Å²) in [5.41, 5.74) is 15.7. The summed E-state index contributed by atoms with van der Waals surface area (Å²) in [4.78, 5) is 9.92. The highest BCUT2D eigenvalue weighted by molar-refractivity contribution is 6.09. The number of anilines is 3. The minimum Gasteiger partial charge on any atom is -0.457 e. The Kier molecular flexibility index (Phi) is 7.23. The number of para-hydroxylation sites is 3. The van der Waals surface area contributed by atoms with Gasteiger partial charge in [-0.3, -0.25) is 4.57 Å². The van der Waals surface area contributed by atoms with E-state index in [1.165, 1.54) is 44.5 Å². The molecule has 3 heterocycles. The predicted octanol–water partition coefficient (Wildman–Crippen LogP) is 14.9. The molecule has 6 aliphatic carbocycles. The maximum absolute atomic E-state index is 9.12. The van der Waals surface area contributed by atoms with E-state index in [0.29, 0.717) is 45.8 Å². The molecule has 1 aliphatic heterocycles. The van der Waals surface area contributed by atoms with E-state index in [-0.39, 0.29) is 47.3 Å². The van der Waals surface area contributed by atoms with Gasteiger partial charge in [0.2, 0.25) is 0 Å². The van der Waals surface area contributed by atoms with Crippen molar-refractivity contribution in [2.45, 2.75) is 49.5 Å². The van der Waals surface area contributed by atoms with Gasteiger partial charge in [-0.2, -0.15) is 0 Å². The molecule has 4 bridgehead atoms. The number of ether oxygens (including phenoxy) is 1. The van der Waals surface area contributed by atoms with Crippen molar-refractivity contribution in [3.05, 3.63) is 256 Å². The van der Waals surface area contributed by atoms with E-state index in [4.69, 9.17) is 15.2 Å². The van der Waals surface area contributed by atoms with E-state index in [1.807, 2.05) is 41.0 Å². The van der Waals surface area contributed by atoms with Crippen molar-refractivity contribution in [1.82, 2.24) is 9.55 Å². The summed E-state index contributed by atoms with van der Waals surface area (Å²) < 4.78 is 44.1. The van der Waals surface area contributed by atoms with Gasteiger partial charge in [-0.15, -0.1) is 0 Å². The zero-order chi connectivity index (χ0) is 48.1. The lowest BCUT2D eigenvalue weighted by Gasteiger charge is -2.59. The second-order valence-corrected chi connectivity index (χ2v) is 19.6. The van der Waals surface area contributed by atoms with Gasteiger partial charge in [0.15, 0.2) is 0 Å². The zero-order valence-electron chi connectivity index (χ0n) is 41.5. The van der Waals surface area contributed by atoms with Gasteiger partial charge in [-0.05, 0) is 110 Å². The summed E-state index contributed by atoms with van der Waals surface area (Å²) in [6.45, 7) is 7.01. The molecule has 0 radical (unpaired) electrons. The Labute approximate surface area is 396 Å². The number of pyridine rings is 1. The van der Waals surface area contributed by atoms with Crippen molar-refractivity contribution in [3.8, 4) is 17.3 Å². The molecule has 67 heavy (non-hydrogen) atoms. The molecule has 322 valence electrons. The van der Waals surface area contributed by atoms with Crippen molar-refractivity contribution >= 4 is 38.9 Å². The molecule has 0 fully saturated rings. The van der Waals surface area contributed by atoms with E-state index in [1.54, 1.807) is 6.20 Å². The average Bonchev–Trinajstić information content (AvgIpc) is 3.95. The van der Waals surface area contributed by atoms with Crippen LogP contribution in [0.25, 0.3) is 27.6 Å². The number of hydrogen-bond donors (Lipinski definition) is 0. The van der Waals surface area contributed by atoms with Crippen molar-refractivity contribution in [3.63, 3.8) is 0 Å². The van der Waals surface area contributed by atoms with Crippen LogP contribution in [0.4, 0.5) is 17.1 Å². The third-order valence-corrected chi connectivity index (χ3v) is 15.2. The molecule has 0 unspecified atom stereocenters. The Morgan fingerprint density at radius 3 is 1.90 bits per heavy atom. The van der Waals surface area contributed by atoms with Crippen molar-refractivity contribution in [1.29, 1.82) is 0 Å². The molecular formula is C62H48N4O. The molecule has 10 aromatic rings. The number of fused-ring (bicyclic) bond motifs is 4. The van der Waals surface area contributed by atoms with Crippen molar-refractivity contribution in [2.75, 3.05) is 16.5 Å². The lowest BCUT2D eigenvalue weighted by molar-refractivity contribution is 0.376. The number of nitrogens with zero attached hydrogens (tertiary/aromatic N) is 4. The first-order valence-corrected chi connectivity index (χ1v) is 23.3. The molecule has 7 aliphatic rings. The Morgan fingerprint density at radius 2 is 1.18 bits per heavy atom. The maximum atomic E-state index is 9.12. The van der Waals surface area contributed by atoms with Crippen molar-refractivity contribution in [2.24, 2.45) is 0 Å². The highest BCUT2D eigenvalue weighted by atomic mass is 16.5. The van der Waals surface area contributed by atoms with Gasteiger partial charge < -0.3 is 14.5 Å². The SMILES string of the molecule is [2H]c1c([2H])c([2H])c2c(c1[2H])c1ccc(Oc3cccc(N4CN(C56c7ccccc7C(c7ccccc75)C5c7ccccc7C6c6ccccc65)c5ccccc54)c3)cc1n2-c1cc(C(C)(C)C)ccn1.